The Morgan fingerprint density at radius 2 is 1.80 bits per heavy atom. The summed E-state index contributed by atoms with van der Waals surface area (Å²) in [5, 5.41) is 28.6. The fraction of sp³-hybridized carbons (Fsp3) is 0.652. The molecule has 1 fully saturated rings. The topological polar surface area (TPSA) is 161 Å². The van der Waals surface area contributed by atoms with Crippen molar-refractivity contribution in [2.75, 3.05) is 33.4 Å². The van der Waals surface area contributed by atoms with Gasteiger partial charge in [0.2, 0.25) is 5.91 Å². The van der Waals surface area contributed by atoms with Crippen LogP contribution in [-0.2, 0) is 14.4 Å². The minimum atomic E-state index is -0.825. The third-order valence-corrected chi connectivity index (χ3v) is 5.72. The number of carbonyl (C=O) groups is 2. The molecule has 0 aromatic heterocycles. The lowest BCUT2D eigenvalue weighted by Gasteiger charge is -2.30. The van der Waals surface area contributed by atoms with Crippen LogP contribution < -0.4 is 25.4 Å². The first kappa shape index (κ1) is 28.1. The minimum Gasteiger partial charge on any atom is -0.487 e. The number of hydrogen-bond donors (Lipinski definition) is 4. The number of amides is 2. The van der Waals surface area contributed by atoms with Gasteiger partial charge in [0, 0.05) is 31.6 Å². The number of hydrogen-bond acceptors (Lipinski definition) is 9. The van der Waals surface area contributed by atoms with Crippen LogP contribution in [0.25, 0.3) is 0 Å². The van der Waals surface area contributed by atoms with E-state index in [9.17, 15) is 24.8 Å². The highest BCUT2D eigenvalue weighted by molar-refractivity contribution is 5.78. The Balaban J connectivity index is 1.70. The zero-order chi connectivity index (χ0) is 25.8. The van der Waals surface area contributed by atoms with Crippen LogP contribution in [0.5, 0.6) is 11.5 Å². The molecule has 0 bridgehead atoms. The van der Waals surface area contributed by atoms with Gasteiger partial charge < -0.3 is 35.4 Å². The zero-order valence-electron chi connectivity index (χ0n) is 20.5. The number of benzene rings is 1. The number of nitrogens with zero attached hydrogens (tertiary/aromatic N) is 1. The summed E-state index contributed by atoms with van der Waals surface area (Å²) in [5.41, 5.74) is -0.489. The van der Waals surface area contributed by atoms with E-state index in [1.165, 1.54) is 7.05 Å². The Hall–Kier alpha value is -3.12. The number of β-amino-alcohol motifs (C(OH)–C–C–N with tert-alkyl or cyclic N) is 1. The van der Waals surface area contributed by atoms with Crippen LogP contribution in [-0.4, -0.2) is 73.1 Å². The highest BCUT2D eigenvalue weighted by Gasteiger charge is 2.29. The summed E-state index contributed by atoms with van der Waals surface area (Å²) >= 11 is 0. The van der Waals surface area contributed by atoms with E-state index in [2.05, 4.69) is 20.8 Å². The lowest BCUT2D eigenvalue weighted by atomic mass is 9.86. The van der Waals surface area contributed by atoms with Crippen LogP contribution in [0.2, 0.25) is 0 Å². The minimum absolute atomic E-state index is 0.00521. The highest BCUT2D eigenvalue weighted by atomic mass is 17.0. The summed E-state index contributed by atoms with van der Waals surface area (Å²) in [4.78, 5) is 38.9. The van der Waals surface area contributed by atoms with Crippen LogP contribution in [0, 0.1) is 16.0 Å². The summed E-state index contributed by atoms with van der Waals surface area (Å²) in [6.07, 6.45) is 0.782. The molecule has 2 rings (SSSR count). The largest absolute Gasteiger partial charge is 0.487 e. The maximum Gasteiger partial charge on any atom is 0.294 e. The van der Waals surface area contributed by atoms with Gasteiger partial charge in [-0.1, -0.05) is 12.1 Å². The van der Waals surface area contributed by atoms with E-state index in [0.29, 0.717) is 43.7 Å². The maximum atomic E-state index is 12.5. The number of carbonyl (C=O) groups excluding carboxylic acids is 2. The van der Waals surface area contributed by atoms with Crippen molar-refractivity contribution in [2.45, 2.75) is 57.3 Å². The molecule has 35 heavy (non-hydrogen) atoms. The van der Waals surface area contributed by atoms with Crippen molar-refractivity contribution < 1.29 is 34.1 Å². The van der Waals surface area contributed by atoms with Crippen molar-refractivity contribution in [3.05, 3.63) is 34.4 Å². The Bertz CT molecular complexity index is 843. The average Bonchev–Trinajstić information content (AvgIpc) is 2.84. The summed E-state index contributed by atoms with van der Waals surface area (Å²) in [7, 11) is 1.52. The van der Waals surface area contributed by atoms with Gasteiger partial charge in [-0.25, -0.2) is 0 Å². The lowest BCUT2D eigenvalue weighted by molar-refractivity contribution is -0.769. The van der Waals surface area contributed by atoms with E-state index in [-0.39, 0.29) is 37.5 Å². The second-order valence-electron chi connectivity index (χ2n) is 9.16. The fourth-order valence-corrected chi connectivity index (χ4v) is 3.61. The molecule has 2 amide bonds. The highest BCUT2D eigenvalue weighted by Crippen LogP contribution is 2.27. The molecule has 0 heterocycles. The number of rotatable bonds is 14. The Morgan fingerprint density at radius 3 is 2.40 bits per heavy atom. The molecule has 1 aromatic rings. The number of aliphatic hydroxyl groups excluding tert-OH is 1. The van der Waals surface area contributed by atoms with Crippen LogP contribution in [0.4, 0.5) is 0 Å². The first-order chi connectivity index (χ1) is 16.6. The lowest BCUT2D eigenvalue weighted by Crippen LogP contribution is -2.52. The molecule has 12 nitrogen and oxygen atoms in total. The molecule has 12 heteroatoms. The number of aliphatic hydroxyl groups is 1. The predicted octanol–water partition coefficient (Wildman–Crippen LogP) is 0.803. The second kappa shape index (κ2) is 13.7. The van der Waals surface area contributed by atoms with Gasteiger partial charge >= 0.3 is 0 Å². The normalized spacial score (nSPS) is 18.7. The number of ether oxygens (including phenoxy) is 2. The first-order valence-electron chi connectivity index (χ1n) is 11.7. The van der Waals surface area contributed by atoms with E-state index < -0.39 is 22.8 Å². The third-order valence-electron chi connectivity index (χ3n) is 5.72. The van der Waals surface area contributed by atoms with Gasteiger partial charge in [-0.2, -0.15) is 0 Å². The Labute approximate surface area is 204 Å². The zero-order valence-corrected chi connectivity index (χ0v) is 20.5. The molecule has 0 radical (unpaired) electrons. The van der Waals surface area contributed by atoms with E-state index in [4.69, 9.17) is 9.47 Å². The molecular formula is C23H36N4O8. The Morgan fingerprint density at radius 1 is 1.17 bits per heavy atom. The average molecular weight is 497 g/mol. The van der Waals surface area contributed by atoms with Gasteiger partial charge in [-0.15, -0.1) is 10.1 Å². The molecule has 0 saturated heterocycles. The molecule has 4 N–H and O–H groups in total. The molecule has 1 aliphatic rings. The third kappa shape index (κ3) is 10.4. The number of nitrogens with one attached hydrogen (secondary N) is 3. The standard InChI is InChI=1S/C23H36N4O8/c1-23(2,15-25-22(30)16-8-10-18(11-9-16)35-27(31)32)26-12-17(28)13-33-19-6-4-5-7-20(19)34-14-21(29)24-3/h4-7,16-18,26,28H,8-15H2,1-3H3,(H,24,29)(H,25,30). The van der Waals surface area contributed by atoms with Gasteiger partial charge in [0.15, 0.2) is 18.1 Å². The molecule has 1 aromatic carbocycles. The molecule has 0 spiro atoms. The summed E-state index contributed by atoms with van der Waals surface area (Å²) < 4.78 is 11.1. The van der Waals surface area contributed by atoms with E-state index in [1.54, 1.807) is 24.3 Å². The molecule has 1 atom stereocenters. The Kier molecular flexibility index (Phi) is 11.0. The maximum absolute atomic E-state index is 12.5. The van der Waals surface area contributed by atoms with Gasteiger partial charge in [0.1, 0.15) is 18.8 Å². The number of para-hydroxylation sites is 2. The molecular weight excluding hydrogens is 460 g/mol. The molecule has 0 aliphatic heterocycles. The van der Waals surface area contributed by atoms with Crippen molar-refractivity contribution >= 4 is 11.8 Å². The molecule has 1 aliphatic carbocycles. The van der Waals surface area contributed by atoms with Crippen molar-refractivity contribution in [1.29, 1.82) is 0 Å². The van der Waals surface area contributed by atoms with Crippen LogP contribution in [0.3, 0.4) is 0 Å². The summed E-state index contributed by atoms with van der Waals surface area (Å²) in [5.74, 6) is 0.271. The van der Waals surface area contributed by atoms with Crippen LogP contribution in [0.15, 0.2) is 24.3 Å². The van der Waals surface area contributed by atoms with Crippen molar-refractivity contribution in [1.82, 2.24) is 16.0 Å². The SMILES string of the molecule is CNC(=O)COc1ccccc1OCC(O)CNC(C)(C)CNC(=O)C1CCC(O[N+](=O)[O-])CC1. The molecule has 1 unspecified atom stereocenters. The number of likely N-dealkylation sites (N-methyl/N-ethyl adjacent to an activating group) is 1. The van der Waals surface area contributed by atoms with E-state index in [1.807, 2.05) is 13.8 Å². The van der Waals surface area contributed by atoms with Gasteiger partial charge in [0.05, 0.1) is 0 Å². The van der Waals surface area contributed by atoms with Gasteiger partial charge in [-0.05, 0) is 51.7 Å². The predicted molar refractivity (Wildman–Crippen MR) is 126 cm³/mol. The van der Waals surface area contributed by atoms with Gasteiger partial charge in [-0.3, -0.25) is 9.59 Å². The summed E-state index contributed by atoms with van der Waals surface area (Å²) in [6, 6.07) is 6.89. The fourth-order valence-electron chi connectivity index (χ4n) is 3.61. The van der Waals surface area contributed by atoms with Gasteiger partial charge in [0.25, 0.3) is 11.0 Å². The summed E-state index contributed by atoms with van der Waals surface area (Å²) in [6.45, 7) is 4.25. The first-order valence-corrected chi connectivity index (χ1v) is 11.7. The van der Waals surface area contributed by atoms with E-state index in [0.717, 1.165) is 0 Å². The molecule has 1 saturated carbocycles. The van der Waals surface area contributed by atoms with Crippen molar-refractivity contribution in [2.24, 2.45) is 5.92 Å². The van der Waals surface area contributed by atoms with E-state index >= 15 is 0 Å². The van der Waals surface area contributed by atoms with Crippen molar-refractivity contribution in [3.8, 4) is 11.5 Å². The smallest absolute Gasteiger partial charge is 0.294 e. The molecule has 196 valence electrons. The van der Waals surface area contributed by atoms with Crippen LogP contribution in [0.1, 0.15) is 39.5 Å². The van der Waals surface area contributed by atoms with Crippen molar-refractivity contribution in [3.63, 3.8) is 0 Å². The second-order valence-corrected chi connectivity index (χ2v) is 9.16. The monoisotopic (exact) mass is 496 g/mol. The van der Waals surface area contributed by atoms with Crippen LogP contribution >= 0.6 is 0 Å². The quantitative estimate of drug-likeness (QED) is 0.216.